The fourth-order valence-electron chi connectivity index (χ4n) is 0.732. The summed E-state index contributed by atoms with van der Waals surface area (Å²) in [6.45, 7) is 2.94. The highest BCUT2D eigenvalue weighted by Gasteiger charge is 1.83. The molecule has 0 aliphatic rings. The minimum atomic E-state index is 0.773. The summed E-state index contributed by atoms with van der Waals surface area (Å²) in [7, 11) is 0. The summed E-state index contributed by atoms with van der Waals surface area (Å²) in [5.41, 5.74) is 0. The lowest BCUT2D eigenvalue weighted by atomic mass is 10.2. The lowest BCUT2D eigenvalue weighted by Gasteiger charge is -1.92. The van der Waals surface area contributed by atoms with Gasteiger partial charge in [-0.15, -0.1) is 0 Å². The van der Waals surface area contributed by atoms with Crippen LogP contribution in [-0.4, -0.2) is 19.0 Å². The summed E-state index contributed by atoms with van der Waals surface area (Å²) < 4.78 is 0. The summed E-state index contributed by atoms with van der Waals surface area (Å²) in [6.07, 6.45) is 7.63. The molecule has 1 radical (unpaired) electrons. The van der Waals surface area contributed by atoms with Gasteiger partial charge in [-0.3, -0.25) is 9.79 Å². The zero-order valence-corrected chi connectivity index (χ0v) is 6.47. The SMILES string of the molecule is CCCCCCN=C[C]=O. The Labute approximate surface area is 62.4 Å². The summed E-state index contributed by atoms with van der Waals surface area (Å²) in [6, 6.07) is 0. The fourth-order valence-corrected chi connectivity index (χ4v) is 0.732. The topological polar surface area (TPSA) is 29.4 Å². The van der Waals surface area contributed by atoms with Crippen LogP contribution in [0.5, 0.6) is 0 Å². The Morgan fingerprint density at radius 1 is 1.40 bits per heavy atom. The molecule has 0 spiro atoms. The zero-order valence-electron chi connectivity index (χ0n) is 6.47. The van der Waals surface area contributed by atoms with Crippen LogP contribution < -0.4 is 0 Å². The molecule has 0 rings (SSSR count). The molecular formula is C8H14NO. The number of hydrogen-bond acceptors (Lipinski definition) is 2. The van der Waals surface area contributed by atoms with Crippen LogP contribution in [0.4, 0.5) is 0 Å². The third-order valence-electron chi connectivity index (χ3n) is 1.28. The second-order valence-corrected chi connectivity index (χ2v) is 2.21. The largest absolute Gasteiger partial charge is 0.289 e. The van der Waals surface area contributed by atoms with Crippen molar-refractivity contribution in [3.05, 3.63) is 0 Å². The van der Waals surface area contributed by atoms with Crippen LogP contribution in [0.2, 0.25) is 0 Å². The van der Waals surface area contributed by atoms with Crippen molar-refractivity contribution >= 4 is 12.5 Å². The van der Waals surface area contributed by atoms with Crippen molar-refractivity contribution in [3.63, 3.8) is 0 Å². The van der Waals surface area contributed by atoms with Crippen LogP contribution >= 0.6 is 0 Å². The minimum absolute atomic E-state index is 0.773. The fraction of sp³-hybridized carbons (Fsp3) is 0.750. The first-order chi connectivity index (χ1) is 4.91. The molecule has 0 saturated carbocycles. The van der Waals surface area contributed by atoms with E-state index in [2.05, 4.69) is 11.9 Å². The van der Waals surface area contributed by atoms with Crippen LogP contribution in [0, 0.1) is 0 Å². The third kappa shape index (κ3) is 7.34. The van der Waals surface area contributed by atoms with Crippen LogP contribution in [-0.2, 0) is 4.79 Å². The number of rotatable bonds is 6. The van der Waals surface area contributed by atoms with Gasteiger partial charge in [-0.2, -0.15) is 0 Å². The maximum absolute atomic E-state index is 9.62. The molecule has 0 saturated heterocycles. The van der Waals surface area contributed by atoms with Crippen molar-refractivity contribution in [3.8, 4) is 0 Å². The lowest BCUT2D eigenvalue weighted by Crippen LogP contribution is -1.83. The van der Waals surface area contributed by atoms with E-state index in [0.29, 0.717) is 0 Å². The molecule has 0 atom stereocenters. The van der Waals surface area contributed by atoms with Crippen LogP contribution in [0.25, 0.3) is 0 Å². The molecule has 0 heterocycles. The van der Waals surface area contributed by atoms with E-state index >= 15 is 0 Å². The van der Waals surface area contributed by atoms with E-state index in [9.17, 15) is 4.79 Å². The van der Waals surface area contributed by atoms with Crippen molar-refractivity contribution in [1.82, 2.24) is 0 Å². The normalized spacial score (nSPS) is 10.5. The molecule has 0 N–H and O–H groups in total. The summed E-state index contributed by atoms with van der Waals surface area (Å²) in [5, 5.41) is 0. The Balaban J connectivity index is 2.90. The van der Waals surface area contributed by atoms with Crippen molar-refractivity contribution in [2.24, 2.45) is 4.99 Å². The molecule has 57 valence electrons. The summed E-state index contributed by atoms with van der Waals surface area (Å²) in [4.78, 5) is 13.4. The van der Waals surface area contributed by atoms with Gasteiger partial charge in [0.25, 0.3) is 0 Å². The molecule has 0 aliphatic heterocycles. The number of nitrogens with zero attached hydrogens (tertiary/aromatic N) is 1. The molecule has 0 aliphatic carbocycles. The number of carbonyl (C=O) groups excluding carboxylic acids is 1. The minimum Gasteiger partial charge on any atom is -0.289 e. The van der Waals surface area contributed by atoms with E-state index in [0.717, 1.165) is 13.0 Å². The Hall–Kier alpha value is -0.660. The predicted molar refractivity (Wildman–Crippen MR) is 43.2 cm³/mol. The van der Waals surface area contributed by atoms with Gasteiger partial charge in [-0.1, -0.05) is 26.2 Å². The second kappa shape index (κ2) is 8.34. The van der Waals surface area contributed by atoms with E-state index in [1.54, 1.807) is 6.29 Å². The van der Waals surface area contributed by atoms with Gasteiger partial charge >= 0.3 is 0 Å². The first-order valence-corrected chi connectivity index (χ1v) is 3.77. The molecule has 0 amide bonds. The van der Waals surface area contributed by atoms with Crippen molar-refractivity contribution in [2.75, 3.05) is 6.54 Å². The van der Waals surface area contributed by atoms with Crippen LogP contribution in [0.3, 0.4) is 0 Å². The van der Waals surface area contributed by atoms with Crippen LogP contribution in [0.1, 0.15) is 32.6 Å². The number of hydrogen-bond donors (Lipinski definition) is 0. The lowest BCUT2D eigenvalue weighted by molar-refractivity contribution is 0.567. The highest BCUT2D eigenvalue weighted by Crippen LogP contribution is 1.97. The van der Waals surface area contributed by atoms with Gasteiger partial charge in [0.2, 0.25) is 6.29 Å². The number of unbranched alkanes of at least 4 members (excludes halogenated alkanes) is 3. The molecule has 0 aromatic carbocycles. The molecule has 2 heteroatoms. The molecule has 0 aromatic heterocycles. The van der Waals surface area contributed by atoms with Gasteiger partial charge in [-0.05, 0) is 6.42 Å². The van der Waals surface area contributed by atoms with E-state index in [4.69, 9.17) is 0 Å². The smallest absolute Gasteiger partial charge is 0.245 e. The summed E-state index contributed by atoms with van der Waals surface area (Å²) in [5.74, 6) is 0. The Morgan fingerprint density at radius 3 is 2.80 bits per heavy atom. The van der Waals surface area contributed by atoms with Crippen molar-refractivity contribution < 1.29 is 4.79 Å². The van der Waals surface area contributed by atoms with E-state index in [1.165, 1.54) is 25.5 Å². The van der Waals surface area contributed by atoms with Gasteiger partial charge in [-0.25, -0.2) is 0 Å². The zero-order chi connectivity index (χ0) is 7.66. The third-order valence-corrected chi connectivity index (χ3v) is 1.28. The summed E-state index contributed by atoms with van der Waals surface area (Å²) >= 11 is 0. The van der Waals surface area contributed by atoms with Crippen molar-refractivity contribution in [2.45, 2.75) is 32.6 Å². The van der Waals surface area contributed by atoms with Gasteiger partial charge in [0.1, 0.15) is 0 Å². The van der Waals surface area contributed by atoms with Gasteiger partial charge in [0.05, 0.1) is 6.21 Å². The van der Waals surface area contributed by atoms with Crippen LogP contribution in [0.15, 0.2) is 4.99 Å². The Bertz CT molecular complexity index is 99.4. The first-order valence-electron chi connectivity index (χ1n) is 3.77. The maximum Gasteiger partial charge on any atom is 0.245 e. The predicted octanol–water partition coefficient (Wildman–Crippen LogP) is 1.75. The van der Waals surface area contributed by atoms with Gasteiger partial charge in [0, 0.05) is 6.54 Å². The molecule has 0 bridgehead atoms. The number of aliphatic imine (C=N–C) groups is 1. The van der Waals surface area contributed by atoms with E-state index in [-0.39, 0.29) is 0 Å². The molecule has 0 fully saturated rings. The monoisotopic (exact) mass is 140 g/mol. The van der Waals surface area contributed by atoms with E-state index in [1.807, 2.05) is 0 Å². The average molecular weight is 140 g/mol. The molecular weight excluding hydrogens is 126 g/mol. The van der Waals surface area contributed by atoms with Gasteiger partial charge in [0.15, 0.2) is 0 Å². The first kappa shape index (κ1) is 9.34. The molecule has 10 heavy (non-hydrogen) atoms. The van der Waals surface area contributed by atoms with Crippen molar-refractivity contribution in [1.29, 1.82) is 0 Å². The average Bonchev–Trinajstić information content (AvgIpc) is 1.97. The highest BCUT2D eigenvalue weighted by atomic mass is 16.1. The molecule has 2 nitrogen and oxygen atoms in total. The second-order valence-electron chi connectivity index (χ2n) is 2.21. The van der Waals surface area contributed by atoms with E-state index < -0.39 is 0 Å². The quantitative estimate of drug-likeness (QED) is 0.408. The standard InChI is InChI=1S/C8H14NO/c1-2-3-4-5-6-9-7-8-10/h7H,2-6H2,1H3. The molecule has 0 aromatic rings. The molecule has 0 unspecified atom stereocenters. The Kier molecular flexibility index (Phi) is 7.79. The highest BCUT2D eigenvalue weighted by molar-refractivity contribution is 6.13. The van der Waals surface area contributed by atoms with Gasteiger partial charge < -0.3 is 0 Å². The maximum atomic E-state index is 9.62. The Morgan fingerprint density at radius 2 is 2.20 bits per heavy atom.